The summed E-state index contributed by atoms with van der Waals surface area (Å²) in [5, 5.41) is 0. The van der Waals surface area contributed by atoms with Gasteiger partial charge in [-0.05, 0) is 39.3 Å². The minimum absolute atomic E-state index is 0.126. The molecule has 0 saturated carbocycles. The van der Waals surface area contributed by atoms with Gasteiger partial charge >= 0.3 is 0 Å². The highest BCUT2D eigenvalue weighted by Crippen LogP contribution is 2.12. The Kier molecular flexibility index (Phi) is 5.40. The van der Waals surface area contributed by atoms with Crippen LogP contribution in [0.2, 0.25) is 0 Å². The predicted octanol–water partition coefficient (Wildman–Crippen LogP) is 0.912. The quantitative estimate of drug-likeness (QED) is 0.799. The number of carbonyl (C=O) groups excluding carboxylic acids is 1. The first-order chi connectivity index (χ1) is 7.91. The molecule has 1 aliphatic rings. The van der Waals surface area contributed by atoms with Crippen LogP contribution in [0.1, 0.15) is 33.6 Å². The van der Waals surface area contributed by atoms with Crippen molar-refractivity contribution in [2.45, 2.75) is 45.7 Å². The molecule has 1 amide bonds. The van der Waals surface area contributed by atoms with E-state index in [1.54, 1.807) is 0 Å². The van der Waals surface area contributed by atoms with E-state index in [1.807, 2.05) is 4.90 Å². The van der Waals surface area contributed by atoms with Gasteiger partial charge < -0.3 is 15.5 Å². The van der Waals surface area contributed by atoms with Crippen LogP contribution in [0.25, 0.3) is 0 Å². The molecule has 1 rings (SSSR count). The van der Waals surface area contributed by atoms with Crippen molar-refractivity contribution in [1.29, 1.82) is 0 Å². The number of nitrogens with zero attached hydrogens (tertiary/aromatic N) is 2. The van der Waals surface area contributed by atoms with Gasteiger partial charge in [0.15, 0.2) is 0 Å². The van der Waals surface area contributed by atoms with Gasteiger partial charge in [0.25, 0.3) is 0 Å². The van der Waals surface area contributed by atoms with Crippen molar-refractivity contribution in [2.24, 2.45) is 11.7 Å². The fraction of sp³-hybridized carbons (Fsp3) is 0.923. The Hall–Kier alpha value is -0.610. The summed E-state index contributed by atoms with van der Waals surface area (Å²) < 4.78 is 0. The standard InChI is InChI=1S/C13H27N3O/c1-10(2)8-12(14)13(17)16-7-5-6-15(4)9-11(16)3/h10-12H,5-9,14H2,1-4H3. The maximum atomic E-state index is 12.3. The largest absolute Gasteiger partial charge is 0.337 e. The van der Waals surface area contributed by atoms with E-state index in [0.717, 1.165) is 32.5 Å². The smallest absolute Gasteiger partial charge is 0.239 e. The molecule has 17 heavy (non-hydrogen) atoms. The van der Waals surface area contributed by atoms with E-state index in [4.69, 9.17) is 5.73 Å². The summed E-state index contributed by atoms with van der Waals surface area (Å²) in [5.74, 6) is 0.598. The van der Waals surface area contributed by atoms with Crippen molar-refractivity contribution < 1.29 is 4.79 Å². The van der Waals surface area contributed by atoms with Crippen LogP contribution >= 0.6 is 0 Å². The fourth-order valence-corrected chi connectivity index (χ4v) is 2.52. The van der Waals surface area contributed by atoms with E-state index in [9.17, 15) is 4.79 Å². The summed E-state index contributed by atoms with van der Waals surface area (Å²) in [6.45, 7) is 9.17. The Morgan fingerprint density at radius 1 is 1.41 bits per heavy atom. The van der Waals surface area contributed by atoms with Gasteiger partial charge in [-0.2, -0.15) is 0 Å². The highest BCUT2D eigenvalue weighted by molar-refractivity contribution is 5.82. The molecule has 0 aromatic rings. The van der Waals surface area contributed by atoms with E-state index < -0.39 is 0 Å². The van der Waals surface area contributed by atoms with Gasteiger partial charge in [0.05, 0.1) is 6.04 Å². The Bertz CT molecular complexity index is 255. The van der Waals surface area contributed by atoms with Gasteiger partial charge in [0.1, 0.15) is 0 Å². The number of nitrogens with two attached hydrogens (primary N) is 1. The predicted molar refractivity (Wildman–Crippen MR) is 70.7 cm³/mol. The van der Waals surface area contributed by atoms with Crippen LogP contribution < -0.4 is 5.73 Å². The number of hydrogen-bond donors (Lipinski definition) is 1. The number of rotatable bonds is 3. The van der Waals surface area contributed by atoms with Crippen molar-refractivity contribution in [3.63, 3.8) is 0 Å². The number of amides is 1. The molecule has 0 aromatic heterocycles. The van der Waals surface area contributed by atoms with Gasteiger partial charge in [0.2, 0.25) is 5.91 Å². The van der Waals surface area contributed by atoms with E-state index >= 15 is 0 Å². The maximum absolute atomic E-state index is 12.3. The van der Waals surface area contributed by atoms with Crippen molar-refractivity contribution in [1.82, 2.24) is 9.80 Å². The average Bonchev–Trinajstić information content (AvgIpc) is 2.37. The molecule has 1 saturated heterocycles. The van der Waals surface area contributed by atoms with Gasteiger partial charge in [-0.25, -0.2) is 0 Å². The van der Waals surface area contributed by atoms with Crippen LogP contribution in [0.15, 0.2) is 0 Å². The van der Waals surface area contributed by atoms with Crippen molar-refractivity contribution in [3.05, 3.63) is 0 Å². The SMILES string of the molecule is CC(C)CC(N)C(=O)N1CCCN(C)CC1C. The molecule has 100 valence electrons. The zero-order chi connectivity index (χ0) is 13.0. The second kappa shape index (κ2) is 6.36. The van der Waals surface area contributed by atoms with E-state index in [1.165, 1.54) is 0 Å². The van der Waals surface area contributed by atoms with Crippen LogP contribution in [0.3, 0.4) is 0 Å². The Morgan fingerprint density at radius 3 is 2.65 bits per heavy atom. The first-order valence-corrected chi connectivity index (χ1v) is 6.66. The van der Waals surface area contributed by atoms with Crippen molar-refractivity contribution in [3.8, 4) is 0 Å². The Balaban J connectivity index is 2.60. The highest BCUT2D eigenvalue weighted by atomic mass is 16.2. The first kappa shape index (κ1) is 14.5. The van der Waals surface area contributed by atoms with Crippen LogP contribution in [-0.2, 0) is 4.79 Å². The summed E-state index contributed by atoms with van der Waals surface area (Å²) >= 11 is 0. The molecular formula is C13H27N3O. The average molecular weight is 241 g/mol. The first-order valence-electron chi connectivity index (χ1n) is 6.66. The van der Waals surface area contributed by atoms with Gasteiger partial charge in [-0.1, -0.05) is 13.8 Å². The number of likely N-dealkylation sites (N-methyl/N-ethyl adjacent to an activating group) is 1. The topological polar surface area (TPSA) is 49.6 Å². The molecule has 1 fully saturated rings. The third-order valence-corrected chi connectivity index (χ3v) is 3.37. The lowest BCUT2D eigenvalue weighted by atomic mass is 10.0. The lowest BCUT2D eigenvalue weighted by Crippen LogP contribution is -2.49. The summed E-state index contributed by atoms with van der Waals surface area (Å²) in [7, 11) is 2.11. The molecule has 4 heteroatoms. The monoisotopic (exact) mass is 241 g/mol. The maximum Gasteiger partial charge on any atom is 0.239 e. The van der Waals surface area contributed by atoms with Gasteiger partial charge in [-0.3, -0.25) is 4.79 Å². The minimum atomic E-state index is -0.333. The van der Waals surface area contributed by atoms with Crippen molar-refractivity contribution >= 4 is 5.91 Å². The molecule has 1 aliphatic heterocycles. The zero-order valence-corrected chi connectivity index (χ0v) is 11.6. The fourth-order valence-electron chi connectivity index (χ4n) is 2.52. The molecule has 1 heterocycles. The lowest BCUT2D eigenvalue weighted by Gasteiger charge is -2.30. The molecular weight excluding hydrogens is 214 g/mol. The number of hydrogen-bond acceptors (Lipinski definition) is 3. The highest BCUT2D eigenvalue weighted by Gasteiger charge is 2.27. The van der Waals surface area contributed by atoms with Crippen LogP contribution in [0.5, 0.6) is 0 Å². The second-order valence-corrected chi connectivity index (χ2v) is 5.73. The van der Waals surface area contributed by atoms with Crippen LogP contribution in [-0.4, -0.2) is 54.5 Å². The normalized spacial score (nSPS) is 24.8. The third kappa shape index (κ3) is 4.28. The third-order valence-electron chi connectivity index (χ3n) is 3.37. The van der Waals surface area contributed by atoms with E-state index in [-0.39, 0.29) is 18.0 Å². The Labute approximate surface area is 105 Å². The van der Waals surface area contributed by atoms with E-state index in [0.29, 0.717) is 5.92 Å². The summed E-state index contributed by atoms with van der Waals surface area (Å²) in [6.07, 6.45) is 1.82. The Morgan fingerprint density at radius 2 is 2.06 bits per heavy atom. The molecule has 0 bridgehead atoms. The molecule has 4 nitrogen and oxygen atoms in total. The van der Waals surface area contributed by atoms with Crippen LogP contribution in [0.4, 0.5) is 0 Å². The van der Waals surface area contributed by atoms with E-state index in [2.05, 4.69) is 32.7 Å². The van der Waals surface area contributed by atoms with Crippen LogP contribution in [0, 0.1) is 5.92 Å². The second-order valence-electron chi connectivity index (χ2n) is 5.73. The van der Waals surface area contributed by atoms with Gasteiger partial charge in [-0.15, -0.1) is 0 Å². The summed E-state index contributed by atoms with van der Waals surface area (Å²) in [4.78, 5) is 16.5. The molecule has 0 aliphatic carbocycles. The van der Waals surface area contributed by atoms with Gasteiger partial charge in [0, 0.05) is 19.1 Å². The molecule has 0 spiro atoms. The lowest BCUT2D eigenvalue weighted by molar-refractivity contribution is -0.134. The molecule has 0 radical (unpaired) electrons. The molecule has 2 N–H and O–H groups in total. The summed E-state index contributed by atoms with van der Waals surface area (Å²) in [5.41, 5.74) is 5.99. The molecule has 2 unspecified atom stereocenters. The minimum Gasteiger partial charge on any atom is -0.337 e. The molecule has 2 atom stereocenters. The number of carbonyl (C=O) groups is 1. The summed E-state index contributed by atoms with van der Waals surface area (Å²) in [6, 6.07) is -0.0610. The van der Waals surface area contributed by atoms with Crippen molar-refractivity contribution in [2.75, 3.05) is 26.7 Å². The molecule has 0 aromatic carbocycles. The zero-order valence-electron chi connectivity index (χ0n) is 11.6.